The number of methoxy groups -OCH3 is 5. The number of hydrogen-bond acceptors (Lipinski definition) is 8. The largest absolute Gasteiger partial charge is 0.496 e. The lowest BCUT2D eigenvalue weighted by atomic mass is 10.2. The number of aryl methyl sites for hydroxylation is 1. The number of anilines is 1. The highest BCUT2D eigenvalue weighted by Crippen LogP contribution is 2.46. The van der Waals surface area contributed by atoms with Crippen molar-refractivity contribution in [3.63, 3.8) is 0 Å². The molecule has 1 atom stereocenters. The van der Waals surface area contributed by atoms with Crippen LogP contribution in [0.4, 0.5) is 5.69 Å². The third-order valence-corrected chi connectivity index (χ3v) is 4.36. The van der Waals surface area contributed by atoms with Crippen LogP contribution in [0.2, 0.25) is 0 Å². The van der Waals surface area contributed by atoms with Gasteiger partial charge in [0.25, 0.3) is 5.88 Å². The van der Waals surface area contributed by atoms with Gasteiger partial charge in [-0.3, -0.25) is 0 Å². The lowest BCUT2D eigenvalue weighted by molar-refractivity contribution is 0.184. The Morgan fingerprint density at radius 2 is 1.55 bits per heavy atom. The second-order valence-corrected chi connectivity index (χ2v) is 6.32. The van der Waals surface area contributed by atoms with E-state index in [0.717, 1.165) is 17.8 Å². The zero-order valence-electron chi connectivity index (χ0n) is 18.1. The summed E-state index contributed by atoms with van der Waals surface area (Å²) in [6.45, 7) is 4.54. The van der Waals surface area contributed by atoms with Crippen molar-refractivity contribution in [1.29, 1.82) is 0 Å². The van der Waals surface area contributed by atoms with E-state index < -0.39 is 0 Å². The molecule has 0 bridgehead atoms. The van der Waals surface area contributed by atoms with E-state index in [1.807, 2.05) is 13.0 Å². The molecule has 0 aliphatic carbocycles. The molecule has 0 spiro atoms. The van der Waals surface area contributed by atoms with Crippen molar-refractivity contribution >= 4 is 5.69 Å². The summed E-state index contributed by atoms with van der Waals surface area (Å²) in [7, 11) is 7.92. The first-order valence-electron chi connectivity index (χ1n) is 9.30. The maximum absolute atomic E-state index is 6.13. The van der Waals surface area contributed by atoms with Crippen molar-refractivity contribution < 1.29 is 28.4 Å². The van der Waals surface area contributed by atoms with Gasteiger partial charge in [0.2, 0.25) is 11.5 Å². The van der Waals surface area contributed by atoms with Crippen molar-refractivity contribution in [2.45, 2.75) is 26.3 Å². The Morgan fingerprint density at radius 3 is 2.03 bits per heavy atom. The third kappa shape index (κ3) is 5.35. The van der Waals surface area contributed by atoms with Crippen molar-refractivity contribution in [2.75, 3.05) is 47.5 Å². The van der Waals surface area contributed by atoms with Gasteiger partial charge in [0, 0.05) is 31.0 Å². The Labute approximate surface area is 172 Å². The number of aromatic nitrogens is 1. The molecule has 0 radical (unpaired) electrons. The summed E-state index contributed by atoms with van der Waals surface area (Å²) >= 11 is 0. The summed E-state index contributed by atoms with van der Waals surface area (Å²) < 4.78 is 33.3. The molecule has 0 fully saturated rings. The van der Waals surface area contributed by atoms with Gasteiger partial charge in [-0.25, -0.2) is 4.98 Å². The molecule has 1 unspecified atom stereocenters. The topological polar surface area (TPSA) is 80.3 Å². The van der Waals surface area contributed by atoms with Crippen LogP contribution >= 0.6 is 0 Å². The minimum atomic E-state index is 0.119. The van der Waals surface area contributed by atoms with Gasteiger partial charge in [0.05, 0.1) is 40.7 Å². The van der Waals surface area contributed by atoms with Crippen LogP contribution in [-0.2, 0) is 4.74 Å². The quantitative estimate of drug-likeness (QED) is 0.599. The van der Waals surface area contributed by atoms with Gasteiger partial charge >= 0.3 is 0 Å². The van der Waals surface area contributed by atoms with E-state index in [-0.39, 0.29) is 6.04 Å². The summed E-state index contributed by atoms with van der Waals surface area (Å²) in [5.41, 5.74) is 1.53. The predicted molar refractivity (Wildman–Crippen MR) is 111 cm³/mol. The molecule has 0 aliphatic rings. The Bertz CT molecular complexity index is 787. The standard InChI is InChI=1S/C21H30N2O6/c1-8-14(12-24-3)23-16-9-13(2)22-21(19(16)28-7)29-20-17(26-5)10-15(25-4)11-18(20)27-6/h9-11,14H,8,12H2,1-7H3,(H,22,23). The van der Waals surface area contributed by atoms with Gasteiger partial charge in [-0.05, 0) is 19.4 Å². The zero-order valence-corrected chi connectivity index (χ0v) is 18.1. The fraction of sp³-hybridized carbons (Fsp3) is 0.476. The van der Waals surface area contributed by atoms with E-state index in [1.54, 1.807) is 47.7 Å². The number of benzene rings is 1. The van der Waals surface area contributed by atoms with Gasteiger partial charge < -0.3 is 33.7 Å². The van der Waals surface area contributed by atoms with Gasteiger partial charge in [-0.15, -0.1) is 0 Å². The Morgan fingerprint density at radius 1 is 0.897 bits per heavy atom. The minimum Gasteiger partial charge on any atom is -0.496 e. The van der Waals surface area contributed by atoms with E-state index in [4.69, 9.17) is 28.4 Å². The van der Waals surface area contributed by atoms with Crippen molar-refractivity contribution in [3.05, 3.63) is 23.9 Å². The van der Waals surface area contributed by atoms with Crippen LogP contribution in [0.1, 0.15) is 19.0 Å². The maximum atomic E-state index is 6.13. The first-order chi connectivity index (χ1) is 14.0. The average Bonchev–Trinajstić information content (AvgIpc) is 2.73. The highest BCUT2D eigenvalue weighted by molar-refractivity contribution is 5.64. The van der Waals surface area contributed by atoms with E-state index >= 15 is 0 Å². The number of hydrogen-bond donors (Lipinski definition) is 1. The number of pyridine rings is 1. The molecule has 160 valence electrons. The third-order valence-electron chi connectivity index (χ3n) is 4.36. The molecule has 8 nitrogen and oxygen atoms in total. The number of ether oxygens (including phenoxy) is 6. The van der Waals surface area contributed by atoms with E-state index in [9.17, 15) is 0 Å². The van der Waals surface area contributed by atoms with E-state index in [0.29, 0.717) is 41.2 Å². The lowest BCUT2D eigenvalue weighted by Crippen LogP contribution is -2.24. The molecule has 8 heteroatoms. The molecular weight excluding hydrogens is 376 g/mol. The van der Waals surface area contributed by atoms with Gasteiger partial charge in [0.1, 0.15) is 5.75 Å². The smallest absolute Gasteiger partial charge is 0.265 e. The van der Waals surface area contributed by atoms with Crippen LogP contribution in [0, 0.1) is 6.92 Å². The summed E-state index contributed by atoms with van der Waals surface area (Å²) in [6, 6.07) is 5.45. The fourth-order valence-electron chi connectivity index (χ4n) is 2.86. The molecule has 2 aromatic rings. The minimum absolute atomic E-state index is 0.119. The monoisotopic (exact) mass is 406 g/mol. The first-order valence-corrected chi connectivity index (χ1v) is 9.30. The summed E-state index contributed by atoms with van der Waals surface area (Å²) in [5, 5.41) is 3.44. The lowest BCUT2D eigenvalue weighted by Gasteiger charge is -2.21. The molecule has 0 saturated carbocycles. The molecule has 1 N–H and O–H groups in total. The fourth-order valence-corrected chi connectivity index (χ4v) is 2.86. The summed E-state index contributed by atoms with van der Waals surface area (Å²) in [4.78, 5) is 4.51. The summed E-state index contributed by atoms with van der Waals surface area (Å²) in [5.74, 6) is 2.64. The molecule has 0 amide bonds. The Kier molecular flexibility index (Phi) is 8.21. The summed E-state index contributed by atoms with van der Waals surface area (Å²) in [6.07, 6.45) is 0.884. The SMILES string of the molecule is CCC(COC)Nc1cc(C)nc(Oc2c(OC)cc(OC)cc2OC)c1OC. The molecular formula is C21H30N2O6. The first kappa shape index (κ1) is 22.4. The van der Waals surface area contributed by atoms with Gasteiger partial charge in [-0.1, -0.05) is 6.92 Å². The Balaban J connectivity index is 2.50. The highest BCUT2D eigenvalue weighted by atomic mass is 16.6. The Hall–Kier alpha value is -2.87. The molecule has 2 rings (SSSR count). The van der Waals surface area contributed by atoms with Crippen LogP contribution < -0.4 is 29.0 Å². The second kappa shape index (κ2) is 10.6. The highest BCUT2D eigenvalue weighted by Gasteiger charge is 2.22. The van der Waals surface area contributed by atoms with Crippen molar-refractivity contribution in [1.82, 2.24) is 4.98 Å². The molecule has 0 saturated heterocycles. The number of nitrogens with one attached hydrogen (secondary N) is 1. The second-order valence-electron chi connectivity index (χ2n) is 6.32. The zero-order chi connectivity index (χ0) is 21.4. The van der Waals surface area contributed by atoms with Crippen molar-refractivity contribution in [3.8, 4) is 34.6 Å². The van der Waals surface area contributed by atoms with Gasteiger partial charge in [0.15, 0.2) is 11.5 Å². The van der Waals surface area contributed by atoms with Crippen LogP contribution in [0.5, 0.6) is 34.6 Å². The molecule has 1 heterocycles. The van der Waals surface area contributed by atoms with Crippen molar-refractivity contribution in [2.24, 2.45) is 0 Å². The average molecular weight is 406 g/mol. The van der Waals surface area contributed by atoms with Crippen LogP contribution in [-0.4, -0.2) is 53.2 Å². The molecule has 0 aliphatic heterocycles. The number of rotatable bonds is 11. The molecule has 29 heavy (non-hydrogen) atoms. The maximum Gasteiger partial charge on any atom is 0.265 e. The normalized spacial score (nSPS) is 11.6. The van der Waals surface area contributed by atoms with Crippen LogP contribution in [0.25, 0.3) is 0 Å². The number of nitrogens with zero attached hydrogens (tertiary/aromatic N) is 1. The molecule has 1 aromatic carbocycles. The predicted octanol–water partition coefficient (Wildman–Crippen LogP) is 4.05. The van der Waals surface area contributed by atoms with Crippen LogP contribution in [0.3, 0.4) is 0 Å². The molecule has 1 aromatic heterocycles. The van der Waals surface area contributed by atoms with Crippen LogP contribution in [0.15, 0.2) is 18.2 Å². The van der Waals surface area contributed by atoms with E-state index in [2.05, 4.69) is 17.2 Å². The van der Waals surface area contributed by atoms with Gasteiger partial charge in [-0.2, -0.15) is 0 Å². The van der Waals surface area contributed by atoms with E-state index in [1.165, 1.54) is 0 Å².